The predicted molar refractivity (Wildman–Crippen MR) is 432 cm³/mol. The summed E-state index contributed by atoms with van der Waals surface area (Å²) < 4.78 is 11.0. The van der Waals surface area contributed by atoms with Crippen molar-refractivity contribution in [3.63, 3.8) is 0 Å². The fourth-order valence-corrected chi connectivity index (χ4v) is 16.2. The summed E-state index contributed by atoms with van der Waals surface area (Å²) >= 11 is 1.26. The number of phenols is 1. The van der Waals surface area contributed by atoms with Gasteiger partial charge in [-0.05, 0) is 118 Å². The summed E-state index contributed by atoms with van der Waals surface area (Å²) in [5.41, 5.74) is 1.77. The number of ether oxygens (including phenoxy) is 2. The first-order valence-electron chi connectivity index (χ1n) is 39.5. The highest BCUT2D eigenvalue weighted by Crippen LogP contribution is 2.34. The number of piperidine rings is 1. The molecular weight excluding hydrogens is 1570 g/mol. The Hall–Kier alpha value is -9.35. The lowest BCUT2D eigenvalue weighted by molar-refractivity contribution is -0.160. The van der Waals surface area contributed by atoms with Crippen molar-refractivity contribution < 1.29 is 117 Å². The molecule has 6 amide bonds. The lowest BCUT2D eigenvalue weighted by Crippen LogP contribution is -2.50. The fourth-order valence-electron chi connectivity index (χ4n) is 13.3. The van der Waals surface area contributed by atoms with Crippen LogP contribution in [0.3, 0.4) is 0 Å². The minimum atomic E-state index is -1.74. The average molecular weight is 1680 g/mol. The number of carboxylic acids is 5. The first-order chi connectivity index (χ1) is 55.0. The number of esters is 2. The van der Waals surface area contributed by atoms with E-state index in [0.717, 1.165) is 53.0 Å². The Morgan fingerprint density at radius 2 is 1.30 bits per heavy atom. The summed E-state index contributed by atoms with van der Waals surface area (Å²) in [6.07, 6.45) is 3.01. The first-order valence-corrected chi connectivity index (χ1v) is 42.9. The van der Waals surface area contributed by atoms with Gasteiger partial charge in [-0.2, -0.15) is 0 Å². The van der Waals surface area contributed by atoms with Crippen LogP contribution in [0.15, 0.2) is 53.9 Å². The molecule has 11 N–H and O–H groups in total. The van der Waals surface area contributed by atoms with E-state index in [1.165, 1.54) is 35.6 Å². The number of unbranched alkanes of at least 4 members (excludes halogenated alkanes) is 2. The lowest BCUT2D eigenvalue weighted by atomic mass is 9.82. The van der Waals surface area contributed by atoms with Crippen LogP contribution in [-0.2, 0) is 101 Å². The molecule has 0 bridgehead atoms. The van der Waals surface area contributed by atoms with Crippen LogP contribution >= 0.6 is 32.9 Å². The van der Waals surface area contributed by atoms with Crippen LogP contribution in [0.25, 0.3) is 0 Å². The molecule has 0 spiro atoms. The van der Waals surface area contributed by atoms with Crippen LogP contribution in [0.2, 0.25) is 0 Å². The van der Waals surface area contributed by atoms with E-state index in [1.54, 1.807) is 41.5 Å². The van der Waals surface area contributed by atoms with Crippen LogP contribution in [0, 0.1) is 35.5 Å². The topological polar surface area (TPSA) is 492 Å². The van der Waals surface area contributed by atoms with E-state index < -0.39 is 145 Å². The van der Waals surface area contributed by atoms with E-state index >= 15 is 0 Å². The molecule has 1 aliphatic rings. The van der Waals surface area contributed by atoms with Gasteiger partial charge in [0.15, 0.2) is 18.3 Å². The van der Waals surface area contributed by atoms with Gasteiger partial charge in [0.1, 0.15) is 36.4 Å². The first kappa shape index (κ1) is 99.0. The van der Waals surface area contributed by atoms with Crippen molar-refractivity contribution in [2.24, 2.45) is 35.5 Å². The standard InChI is InChI=1S/C81H116N8O24S3/c1-9-17-73(102)113-47-89(79(107)60(49(5)10-2)42-67(93)64-20-14-16-31-88(64)8)65(48(3)4)35-51(7)78-87-62(45-114-78)77(106)84-57(36-52-26-28-58(90)29-27-52)34-50(6)75(104)83-44-74(103)112-32-33-115-116-46-63(81(110)111)86-76(105)56(41-71(98)99)40-66(92)61(43-72(100)101)85-69(95)38-54-24-22-53(23-25-54)37-68(94)82-30-15-13-18-55(80(108)109)39-59(91)19-11-12-21-70(96)97/h22-29,45,48-51,55-57,60-61,63-65,90H,9-21,30-44,46-47H2,1-8H3,(H,82,94)(H,83,104)(H,84,106)(H,85,95)(H,86,105)(H,96,97)(H,98,99)(H,100,101)(H,108,109)(H,110,111)/t49?,50?,51-,55-,56+,57?,60+,61+,63+,64-,65-/m1/s1. The van der Waals surface area contributed by atoms with Crippen molar-refractivity contribution in [2.45, 2.75) is 232 Å². The minimum Gasteiger partial charge on any atom is -0.508 e. The van der Waals surface area contributed by atoms with E-state index in [1.807, 2.05) is 48.6 Å². The number of hydrogen-bond acceptors (Lipinski definition) is 24. The number of carbonyl (C=O) groups excluding carboxylic acids is 11. The molecule has 0 aliphatic carbocycles. The SMILES string of the molecule is CCCC(=O)OCN(C(=O)[C@@H](CC(=O)[C@H]1CCCCN1C)C(C)CC)[C@H](C[C@@H](C)c1nc(C(=O)NC(Cc2ccc(O)cc2)CC(C)C(=O)NCC(=O)OCCSSC[C@H](NC(=O)[C@H](CC(=O)O)CC(=O)[C@H](CC(=O)O)NC(=O)Cc2ccc(CC(=O)NCCCC[C@H](CC(=O)CCCCC(=O)O)C(=O)O)cc2)C(=O)O)cs1)C(C)C. The van der Waals surface area contributed by atoms with Gasteiger partial charge in [0, 0.05) is 91.8 Å². The number of hydrogen-bond donors (Lipinski definition) is 11. The number of likely N-dealkylation sites (tertiary alicyclic amines) is 1. The molecule has 1 fully saturated rings. The maximum atomic E-state index is 15.0. The molecule has 1 aromatic heterocycles. The van der Waals surface area contributed by atoms with Crippen molar-refractivity contribution in [2.75, 3.05) is 51.5 Å². The molecule has 1 aliphatic heterocycles. The Labute approximate surface area is 688 Å². The highest BCUT2D eigenvalue weighted by atomic mass is 33.1. The highest BCUT2D eigenvalue weighted by molar-refractivity contribution is 8.76. The van der Waals surface area contributed by atoms with Gasteiger partial charge >= 0.3 is 41.8 Å². The predicted octanol–water partition coefficient (Wildman–Crippen LogP) is 7.97. The third-order valence-corrected chi connectivity index (χ3v) is 23.6. The Bertz CT molecular complexity index is 3780. The normalized spacial score (nSPS) is 15.4. The van der Waals surface area contributed by atoms with Gasteiger partial charge in [-0.25, -0.2) is 9.78 Å². The molecule has 0 radical (unpaired) electrons. The molecule has 3 aromatic rings. The van der Waals surface area contributed by atoms with Crippen molar-refractivity contribution in [3.05, 3.63) is 81.3 Å². The Morgan fingerprint density at radius 1 is 0.647 bits per heavy atom. The number of amides is 6. The summed E-state index contributed by atoms with van der Waals surface area (Å²) in [6.45, 7) is 13.3. The number of aliphatic carboxylic acids is 5. The van der Waals surface area contributed by atoms with Crippen LogP contribution < -0.4 is 26.6 Å². The third-order valence-electron chi connectivity index (χ3n) is 20.2. The minimum absolute atomic E-state index is 0.0169. The van der Waals surface area contributed by atoms with Crippen molar-refractivity contribution in [1.82, 2.24) is 41.4 Å². The molecule has 4 rings (SSSR count). The van der Waals surface area contributed by atoms with Gasteiger partial charge in [-0.3, -0.25) is 76.8 Å². The molecule has 0 saturated carbocycles. The largest absolute Gasteiger partial charge is 0.508 e. The number of thiazole rings is 1. The second kappa shape index (κ2) is 52.4. The number of ketones is 3. The quantitative estimate of drug-likeness (QED) is 0.0110. The number of likely N-dealkylation sites (N-methyl/N-ethyl adjacent to an activating group) is 1. The third kappa shape index (κ3) is 37.3. The maximum Gasteiger partial charge on any atom is 0.327 e. The monoisotopic (exact) mass is 1680 g/mol. The number of benzene rings is 2. The molecule has 32 nitrogen and oxygen atoms in total. The van der Waals surface area contributed by atoms with Crippen LogP contribution in [-0.4, -0.2) is 222 Å². The Morgan fingerprint density at radius 3 is 1.91 bits per heavy atom. The lowest BCUT2D eigenvalue weighted by Gasteiger charge is -2.39. The molecule has 642 valence electrons. The fraction of sp³-hybridized carbons (Fsp3) is 0.617. The number of aromatic nitrogens is 1. The van der Waals surface area contributed by atoms with E-state index in [0.29, 0.717) is 61.1 Å². The number of phenolic OH excluding ortho intramolecular Hbond substituents is 1. The molecule has 35 heteroatoms. The number of carbonyl (C=O) groups is 16. The summed E-state index contributed by atoms with van der Waals surface area (Å²) in [5.74, 6) is -17.8. The van der Waals surface area contributed by atoms with Crippen molar-refractivity contribution >= 4 is 128 Å². The zero-order chi connectivity index (χ0) is 86.1. The van der Waals surface area contributed by atoms with Crippen LogP contribution in [0.5, 0.6) is 5.75 Å². The van der Waals surface area contributed by atoms with Crippen molar-refractivity contribution in [3.8, 4) is 5.75 Å². The van der Waals surface area contributed by atoms with Gasteiger partial charge in [-0.15, -0.1) is 11.3 Å². The van der Waals surface area contributed by atoms with Gasteiger partial charge in [0.25, 0.3) is 5.91 Å². The Kier molecular flexibility index (Phi) is 44.7. The number of rotatable bonds is 58. The summed E-state index contributed by atoms with van der Waals surface area (Å²) in [6, 6.07) is 7.70. The highest BCUT2D eigenvalue weighted by Gasteiger charge is 2.40. The molecule has 11 atom stereocenters. The smallest absolute Gasteiger partial charge is 0.327 e. The van der Waals surface area contributed by atoms with E-state index in [-0.39, 0.29) is 154 Å². The molecule has 3 unspecified atom stereocenters. The molecule has 2 aromatic carbocycles. The van der Waals surface area contributed by atoms with E-state index in [9.17, 15) is 102 Å². The number of aromatic hydroxyl groups is 1. The number of nitrogens with one attached hydrogen (secondary N) is 5. The van der Waals surface area contributed by atoms with E-state index in [2.05, 4.69) is 31.5 Å². The molecule has 1 saturated heterocycles. The molecule has 116 heavy (non-hydrogen) atoms. The Balaban J connectivity index is 1.27. The maximum absolute atomic E-state index is 15.0. The van der Waals surface area contributed by atoms with Gasteiger partial charge in [0.2, 0.25) is 29.5 Å². The molecular formula is C81H116N8O24S3. The number of Topliss-reactive ketones (excluding diaryl/α,β-unsaturated/α-hetero) is 3. The number of carboxylic acid groups (broad SMARTS) is 5. The van der Waals surface area contributed by atoms with Crippen LogP contribution in [0.4, 0.5) is 0 Å². The zero-order valence-corrected chi connectivity index (χ0v) is 69.9. The number of nitrogens with zero attached hydrogens (tertiary/aromatic N) is 3. The summed E-state index contributed by atoms with van der Waals surface area (Å²) in [7, 11) is 3.92. The van der Waals surface area contributed by atoms with Gasteiger partial charge < -0.3 is 71.6 Å². The summed E-state index contributed by atoms with van der Waals surface area (Å²) in [4.78, 5) is 215. The van der Waals surface area contributed by atoms with Crippen molar-refractivity contribution in [1.29, 1.82) is 0 Å². The average Bonchev–Trinajstić information content (AvgIpc) is 1.68. The summed E-state index contributed by atoms with van der Waals surface area (Å²) in [5, 5.41) is 72.8. The van der Waals surface area contributed by atoms with E-state index in [4.69, 9.17) is 19.6 Å². The molecule has 2 heterocycles. The van der Waals surface area contributed by atoms with Gasteiger partial charge in [-0.1, -0.05) is 126 Å². The van der Waals surface area contributed by atoms with Crippen LogP contribution in [0.1, 0.15) is 215 Å². The van der Waals surface area contributed by atoms with Gasteiger partial charge in [0.05, 0.1) is 54.6 Å². The zero-order valence-electron chi connectivity index (χ0n) is 67.4. The second-order valence-corrected chi connectivity index (χ2v) is 33.6. The second-order valence-electron chi connectivity index (χ2n) is 30.1.